The van der Waals surface area contributed by atoms with Gasteiger partial charge in [0.15, 0.2) is 0 Å². The van der Waals surface area contributed by atoms with Crippen LogP contribution in [0.4, 0.5) is 5.69 Å². The van der Waals surface area contributed by atoms with Crippen LogP contribution in [0.2, 0.25) is 0 Å². The summed E-state index contributed by atoms with van der Waals surface area (Å²) in [6.45, 7) is 5.41. The number of ether oxygens (including phenoxy) is 1. The molecule has 0 bridgehead atoms. The molecule has 0 aliphatic carbocycles. The Morgan fingerprint density at radius 3 is 2.54 bits per heavy atom. The number of benzene rings is 2. The lowest BCUT2D eigenvalue weighted by atomic mass is 9.97. The summed E-state index contributed by atoms with van der Waals surface area (Å²) in [5.74, 6) is 0.228. The Bertz CT molecular complexity index is 754. The first-order valence-corrected chi connectivity index (χ1v) is 9.56. The second-order valence-electron chi connectivity index (χ2n) is 7.13. The van der Waals surface area contributed by atoms with E-state index in [-0.39, 0.29) is 5.91 Å². The Morgan fingerprint density at radius 2 is 1.73 bits per heavy atom. The molecular formula is C22H26N2O2. The lowest BCUT2D eigenvalue weighted by molar-refractivity contribution is -0.119. The summed E-state index contributed by atoms with van der Waals surface area (Å²) in [5.41, 5.74) is 4.87. The van der Waals surface area contributed by atoms with E-state index in [1.807, 2.05) is 23.1 Å². The number of hydrogen-bond acceptors (Lipinski definition) is 3. The van der Waals surface area contributed by atoms with Crippen LogP contribution in [0.3, 0.4) is 0 Å². The van der Waals surface area contributed by atoms with Crippen molar-refractivity contribution in [1.29, 1.82) is 0 Å². The molecule has 2 aromatic carbocycles. The predicted octanol–water partition coefficient (Wildman–Crippen LogP) is 3.04. The molecule has 2 aliphatic rings. The smallest absolute Gasteiger partial charge is 0.227 e. The minimum absolute atomic E-state index is 0.228. The Morgan fingerprint density at radius 1 is 0.923 bits per heavy atom. The third-order valence-corrected chi connectivity index (χ3v) is 5.35. The fourth-order valence-electron chi connectivity index (χ4n) is 3.79. The van der Waals surface area contributed by atoms with Crippen LogP contribution in [0.25, 0.3) is 0 Å². The van der Waals surface area contributed by atoms with Crippen molar-refractivity contribution >= 4 is 11.6 Å². The van der Waals surface area contributed by atoms with Crippen LogP contribution in [0.5, 0.6) is 0 Å². The summed E-state index contributed by atoms with van der Waals surface area (Å²) in [6.07, 6.45) is 2.47. The van der Waals surface area contributed by atoms with Gasteiger partial charge in [0.25, 0.3) is 0 Å². The lowest BCUT2D eigenvalue weighted by Gasteiger charge is -2.30. The van der Waals surface area contributed by atoms with E-state index in [4.69, 9.17) is 4.74 Å². The molecule has 2 aliphatic heterocycles. The zero-order valence-electron chi connectivity index (χ0n) is 15.2. The van der Waals surface area contributed by atoms with E-state index in [9.17, 15) is 4.79 Å². The number of nitrogens with zero attached hydrogens (tertiary/aromatic N) is 2. The quantitative estimate of drug-likeness (QED) is 0.831. The van der Waals surface area contributed by atoms with Crippen LogP contribution >= 0.6 is 0 Å². The molecule has 0 aromatic heterocycles. The van der Waals surface area contributed by atoms with E-state index in [0.717, 1.165) is 51.4 Å². The maximum Gasteiger partial charge on any atom is 0.227 e. The second kappa shape index (κ2) is 8.02. The molecule has 1 amide bonds. The van der Waals surface area contributed by atoms with Crippen molar-refractivity contribution in [3.05, 3.63) is 65.2 Å². The van der Waals surface area contributed by atoms with E-state index in [1.54, 1.807) is 0 Å². The maximum atomic E-state index is 12.6. The minimum Gasteiger partial charge on any atom is -0.379 e. The summed E-state index contributed by atoms with van der Waals surface area (Å²) in [6, 6.07) is 16.9. The zero-order chi connectivity index (χ0) is 17.8. The third kappa shape index (κ3) is 3.97. The third-order valence-electron chi connectivity index (χ3n) is 5.35. The first-order chi connectivity index (χ1) is 12.8. The van der Waals surface area contributed by atoms with Gasteiger partial charge in [0.2, 0.25) is 5.91 Å². The van der Waals surface area contributed by atoms with Crippen molar-refractivity contribution in [3.63, 3.8) is 0 Å². The topological polar surface area (TPSA) is 32.8 Å². The van der Waals surface area contributed by atoms with E-state index in [2.05, 4.69) is 35.2 Å². The summed E-state index contributed by atoms with van der Waals surface area (Å²) in [4.78, 5) is 17.0. The van der Waals surface area contributed by atoms with E-state index in [1.165, 1.54) is 16.7 Å². The van der Waals surface area contributed by atoms with Crippen LogP contribution in [0, 0.1) is 0 Å². The molecule has 0 radical (unpaired) electrons. The zero-order valence-corrected chi connectivity index (χ0v) is 15.2. The fraction of sp³-hybridized carbons (Fsp3) is 0.409. The molecular weight excluding hydrogens is 324 g/mol. The molecule has 4 heteroatoms. The fourth-order valence-corrected chi connectivity index (χ4v) is 3.79. The highest BCUT2D eigenvalue weighted by molar-refractivity contribution is 5.96. The largest absolute Gasteiger partial charge is 0.379 e. The molecule has 1 fully saturated rings. The van der Waals surface area contributed by atoms with Gasteiger partial charge in [-0.3, -0.25) is 9.69 Å². The van der Waals surface area contributed by atoms with Crippen molar-refractivity contribution in [1.82, 2.24) is 4.90 Å². The number of carbonyl (C=O) groups is 1. The molecule has 0 atom stereocenters. The molecule has 2 heterocycles. The predicted molar refractivity (Wildman–Crippen MR) is 103 cm³/mol. The van der Waals surface area contributed by atoms with Gasteiger partial charge < -0.3 is 9.64 Å². The normalized spacial score (nSPS) is 18.0. The van der Waals surface area contributed by atoms with Gasteiger partial charge >= 0.3 is 0 Å². The van der Waals surface area contributed by atoms with Gasteiger partial charge in [-0.25, -0.2) is 0 Å². The highest BCUT2D eigenvalue weighted by Crippen LogP contribution is 2.30. The Labute approximate surface area is 155 Å². The number of carbonyl (C=O) groups excluding carboxylic acids is 1. The summed E-state index contributed by atoms with van der Waals surface area (Å²) in [7, 11) is 0. The minimum atomic E-state index is 0.228. The average molecular weight is 350 g/mol. The first kappa shape index (κ1) is 17.3. The summed E-state index contributed by atoms with van der Waals surface area (Å²) < 4.78 is 5.42. The van der Waals surface area contributed by atoms with Crippen LogP contribution < -0.4 is 4.90 Å². The average Bonchev–Trinajstić information content (AvgIpc) is 2.70. The highest BCUT2D eigenvalue weighted by atomic mass is 16.5. The maximum absolute atomic E-state index is 12.6. The van der Waals surface area contributed by atoms with Crippen molar-refractivity contribution in [2.45, 2.75) is 25.8 Å². The number of amides is 1. The number of fused-ring (bicyclic) bond motifs is 1. The van der Waals surface area contributed by atoms with Crippen LogP contribution in [0.1, 0.15) is 23.1 Å². The molecule has 136 valence electrons. The molecule has 26 heavy (non-hydrogen) atoms. The monoisotopic (exact) mass is 350 g/mol. The first-order valence-electron chi connectivity index (χ1n) is 9.56. The van der Waals surface area contributed by atoms with Crippen LogP contribution in [-0.2, 0) is 28.9 Å². The summed E-state index contributed by atoms with van der Waals surface area (Å²) in [5, 5.41) is 0. The van der Waals surface area contributed by atoms with Gasteiger partial charge in [-0.1, -0.05) is 42.5 Å². The number of hydrogen-bond donors (Lipinski definition) is 0. The molecule has 2 aromatic rings. The molecule has 1 saturated heterocycles. The molecule has 0 spiro atoms. The number of aryl methyl sites for hydroxylation is 1. The Balaban J connectivity index is 1.51. The van der Waals surface area contributed by atoms with Gasteiger partial charge in [0.05, 0.1) is 19.8 Å². The van der Waals surface area contributed by atoms with E-state index < -0.39 is 0 Å². The summed E-state index contributed by atoms with van der Waals surface area (Å²) >= 11 is 0. The number of anilines is 1. The van der Waals surface area contributed by atoms with Gasteiger partial charge in [0, 0.05) is 31.7 Å². The molecule has 0 saturated carbocycles. The van der Waals surface area contributed by atoms with Crippen molar-refractivity contribution in [2.75, 3.05) is 37.7 Å². The number of rotatable bonds is 5. The Kier molecular flexibility index (Phi) is 5.32. The SMILES string of the molecule is O=C1CCc2ccc(CCN3CCOCC3)cc2N1Cc1ccccc1. The van der Waals surface area contributed by atoms with Crippen molar-refractivity contribution < 1.29 is 9.53 Å². The van der Waals surface area contributed by atoms with Gasteiger partial charge in [-0.2, -0.15) is 0 Å². The van der Waals surface area contributed by atoms with Gasteiger partial charge in [0.1, 0.15) is 0 Å². The second-order valence-corrected chi connectivity index (χ2v) is 7.13. The highest BCUT2D eigenvalue weighted by Gasteiger charge is 2.24. The molecule has 4 rings (SSSR count). The van der Waals surface area contributed by atoms with Crippen molar-refractivity contribution in [3.8, 4) is 0 Å². The molecule has 0 N–H and O–H groups in total. The van der Waals surface area contributed by atoms with Crippen LogP contribution in [0.15, 0.2) is 48.5 Å². The van der Waals surface area contributed by atoms with Crippen molar-refractivity contribution in [2.24, 2.45) is 0 Å². The molecule has 0 unspecified atom stereocenters. The van der Waals surface area contributed by atoms with E-state index >= 15 is 0 Å². The lowest BCUT2D eigenvalue weighted by Crippen LogP contribution is -2.37. The molecule has 4 nitrogen and oxygen atoms in total. The Hall–Kier alpha value is -2.17. The van der Waals surface area contributed by atoms with Gasteiger partial charge in [-0.05, 0) is 35.6 Å². The van der Waals surface area contributed by atoms with Crippen LogP contribution in [-0.4, -0.2) is 43.7 Å². The van der Waals surface area contributed by atoms with E-state index in [0.29, 0.717) is 13.0 Å². The van der Waals surface area contributed by atoms with Gasteiger partial charge in [-0.15, -0.1) is 0 Å². The number of morpholine rings is 1. The standard InChI is InChI=1S/C22H26N2O2/c25-22-9-8-20-7-6-18(10-11-23-12-14-26-15-13-23)16-21(20)24(22)17-19-4-2-1-3-5-19/h1-7,16H,8-15,17H2.